The van der Waals surface area contributed by atoms with Crippen molar-refractivity contribution in [3.8, 4) is 11.6 Å². The van der Waals surface area contributed by atoms with Crippen molar-refractivity contribution in [2.45, 2.75) is 18.3 Å². The minimum absolute atomic E-state index is 0.00829. The number of hydrogen-bond donors (Lipinski definition) is 1. The highest BCUT2D eigenvalue weighted by molar-refractivity contribution is 9.08. The van der Waals surface area contributed by atoms with Gasteiger partial charge in [-0.1, -0.05) is 15.9 Å². The van der Waals surface area contributed by atoms with Crippen molar-refractivity contribution in [2.24, 2.45) is 0 Å². The topological polar surface area (TPSA) is 51.6 Å². The lowest BCUT2D eigenvalue weighted by molar-refractivity contribution is -0.275. The molecule has 1 rings (SSSR count). The Kier molecular flexibility index (Phi) is 4.58. The molecular weight excluding hydrogens is 307 g/mol. The third-order valence-electron chi connectivity index (χ3n) is 1.91. The molecule has 4 nitrogen and oxygen atoms in total. The van der Waals surface area contributed by atoms with Gasteiger partial charge in [0.1, 0.15) is 0 Å². The molecular formula is C9H9BrF3NO3. The molecule has 17 heavy (non-hydrogen) atoms. The fourth-order valence-electron chi connectivity index (χ4n) is 1.20. The number of ether oxygens (including phenoxy) is 2. The van der Waals surface area contributed by atoms with E-state index in [0.717, 1.165) is 0 Å². The van der Waals surface area contributed by atoms with Crippen molar-refractivity contribution >= 4 is 15.9 Å². The summed E-state index contributed by atoms with van der Waals surface area (Å²) in [6, 6.07) is 0. The molecule has 0 saturated heterocycles. The highest BCUT2D eigenvalue weighted by Gasteiger charge is 2.34. The Labute approximate surface area is 103 Å². The third-order valence-corrected chi connectivity index (χ3v) is 2.51. The first-order valence-corrected chi connectivity index (χ1v) is 5.52. The molecule has 0 radical (unpaired) electrons. The normalized spacial score (nSPS) is 11.4. The van der Waals surface area contributed by atoms with Crippen molar-refractivity contribution in [1.29, 1.82) is 0 Å². The summed E-state index contributed by atoms with van der Waals surface area (Å²) in [6.07, 6.45) is -3.56. The average molecular weight is 316 g/mol. The van der Waals surface area contributed by atoms with Crippen molar-refractivity contribution in [1.82, 2.24) is 4.98 Å². The quantitative estimate of drug-likeness (QED) is 0.867. The maximum atomic E-state index is 12.2. The van der Waals surface area contributed by atoms with Gasteiger partial charge in [0.2, 0.25) is 0 Å². The minimum Gasteiger partial charge on any atom is -0.478 e. The maximum absolute atomic E-state index is 12.2. The minimum atomic E-state index is -4.87. The van der Waals surface area contributed by atoms with E-state index in [4.69, 9.17) is 5.11 Å². The van der Waals surface area contributed by atoms with Crippen LogP contribution >= 0.6 is 15.9 Å². The van der Waals surface area contributed by atoms with Crippen LogP contribution in [-0.2, 0) is 11.9 Å². The van der Waals surface area contributed by atoms with Crippen LogP contribution in [0.4, 0.5) is 13.2 Å². The molecule has 1 N–H and O–H groups in total. The van der Waals surface area contributed by atoms with E-state index in [1.54, 1.807) is 0 Å². The second-order valence-corrected chi connectivity index (χ2v) is 3.50. The molecule has 0 fully saturated rings. The number of rotatable bonds is 4. The molecule has 8 heteroatoms. The highest BCUT2D eigenvalue weighted by atomic mass is 79.9. The Morgan fingerprint density at radius 2 is 2.12 bits per heavy atom. The molecule has 1 aromatic rings. The SMILES string of the molecule is COc1ncc(CBr)c(CO)c1OC(F)(F)F. The number of aromatic nitrogens is 1. The first kappa shape index (κ1) is 14.0. The smallest absolute Gasteiger partial charge is 0.478 e. The summed E-state index contributed by atoms with van der Waals surface area (Å²) in [7, 11) is 1.17. The lowest BCUT2D eigenvalue weighted by Gasteiger charge is -2.16. The van der Waals surface area contributed by atoms with Crippen LogP contribution < -0.4 is 9.47 Å². The summed E-state index contributed by atoms with van der Waals surface area (Å²) in [6.45, 7) is -0.606. The third kappa shape index (κ3) is 3.47. The summed E-state index contributed by atoms with van der Waals surface area (Å²) in [5.41, 5.74) is 0.388. The molecule has 1 aromatic heterocycles. The van der Waals surface area contributed by atoms with E-state index < -0.39 is 18.7 Å². The van der Waals surface area contributed by atoms with Crippen LogP contribution in [0.5, 0.6) is 11.6 Å². The van der Waals surface area contributed by atoms with Crippen molar-refractivity contribution < 1.29 is 27.8 Å². The molecule has 0 aromatic carbocycles. The van der Waals surface area contributed by atoms with Crippen LogP contribution in [0.25, 0.3) is 0 Å². The number of methoxy groups -OCH3 is 1. The van der Waals surface area contributed by atoms with Gasteiger partial charge in [-0.05, 0) is 5.56 Å². The van der Waals surface area contributed by atoms with E-state index in [-0.39, 0.29) is 16.8 Å². The van der Waals surface area contributed by atoms with Crippen LogP contribution in [0.2, 0.25) is 0 Å². The van der Waals surface area contributed by atoms with Gasteiger partial charge in [-0.15, -0.1) is 13.2 Å². The number of alkyl halides is 4. The van der Waals surface area contributed by atoms with E-state index >= 15 is 0 Å². The van der Waals surface area contributed by atoms with Gasteiger partial charge in [0.05, 0.1) is 13.7 Å². The number of hydrogen-bond acceptors (Lipinski definition) is 4. The largest absolute Gasteiger partial charge is 0.573 e. The average Bonchev–Trinajstić information content (AvgIpc) is 2.26. The second-order valence-electron chi connectivity index (χ2n) is 2.94. The molecule has 0 bridgehead atoms. The van der Waals surface area contributed by atoms with Gasteiger partial charge >= 0.3 is 6.36 Å². The molecule has 0 unspecified atom stereocenters. The van der Waals surface area contributed by atoms with Crippen LogP contribution in [-0.4, -0.2) is 23.6 Å². The number of aliphatic hydroxyl groups excluding tert-OH is 1. The van der Waals surface area contributed by atoms with Crippen LogP contribution in [0.3, 0.4) is 0 Å². The molecule has 1 heterocycles. The van der Waals surface area contributed by atoms with E-state index in [2.05, 4.69) is 30.4 Å². The fraction of sp³-hybridized carbons (Fsp3) is 0.444. The lowest BCUT2D eigenvalue weighted by Crippen LogP contribution is -2.19. The number of nitrogens with zero attached hydrogens (tertiary/aromatic N) is 1. The molecule has 96 valence electrons. The fourth-order valence-corrected chi connectivity index (χ4v) is 1.69. The van der Waals surface area contributed by atoms with Crippen LogP contribution in [0, 0.1) is 0 Å². The van der Waals surface area contributed by atoms with Gasteiger partial charge in [-0.25, -0.2) is 4.98 Å². The van der Waals surface area contributed by atoms with E-state index in [1.807, 2.05) is 0 Å². The maximum Gasteiger partial charge on any atom is 0.573 e. The Bertz CT molecular complexity index is 398. The Hall–Kier alpha value is -1.02. The van der Waals surface area contributed by atoms with Gasteiger partial charge in [0.25, 0.3) is 5.88 Å². The summed E-state index contributed by atoms with van der Waals surface area (Å²) in [5, 5.41) is 9.34. The Morgan fingerprint density at radius 3 is 2.53 bits per heavy atom. The Balaban J connectivity index is 3.30. The Morgan fingerprint density at radius 1 is 1.47 bits per heavy atom. The van der Waals surface area contributed by atoms with Crippen molar-refractivity contribution in [3.05, 3.63) is 17.3 Å². The summed E-state index contributed by atoms with van der Waals surface area (Å²) < 4.78 is 45.1. The lowest BCUT2D eigenvalue weighted by atomic mass is 10.1. The predicted octanol–water partition coefficient (Wildman–Crippen LogP) is 2.38. The standard InChI is InChI=1S/C9H9BrF3NO3/c1-16-8-7(17-9(11,12)13)6(4-15)5(2-10)3-14-8/h3,15H,2,4H2,1H3. The van der Waals surface area contributed by atoms with Crippen LogP contribution in [0.1, 0.15) is 11.1 Å². The number of aliphatic hydroxyl groups is 1. The summed E-state index contributed by atoms with van der Waals surface area (Å²) in [5.74, 6) is -0.935. The van der Waals surface area contributed by atoms with Crippen molar-refractivity contribution in [2.75, 3.05) is 7.11 Å². The molecule has 0 spiro atoms. The first-order chi connectivity index (χ1) is 7.92. The highest BCUT2D eigenvalue weighted by Crippen LogP contribution is 2.36. The van der Waals surface area contributed by atoms with Gasteiger partial charge in [0, 0.05) is 17.1 Å². The van der Waals surface area contributed by atoms with Gasteiger partial charge in [-0.2, -0.15) is 0 Å². The van der Waals surface area contributed by atoms with E-state index in [0.29, 0.717) is 5.56 Å². The number of pyridine rings is 1. The molecule has 0 saturated carbocycles. The summed E-state index contributed by atoms with van der Waals surface area (Å²) in [4.78, 5) is 3.67. The second kappa shape index (κ2) is 5.54. The van der Waals surface area contributed by atoms with Crippen molar-refractivity contribution in [3.63, 3.8) is 0 Å². The monoisotopic (exact) mass is 315 g/mol. The molecule has 0 aliphatic carbocycles. The molecule has 0 aliphatic heterocycles. The molecule has 0 aliphatic rings. The van der Waals surface area contributed by atoms with E-state index in [1.165, 1.54) is 13.3 Å². The predicted molar refractivity (Wildman–Crippen MR) is 56.0 cm³/mol. The molecule has 0 atom stereocenters. The zero-order chi connectivity index (χ0) is 13.1. The summed E-state index contributed by atoms with van der Waals surface area (Å²) >= 11 is 3.08. The molecule has 0 amide bonds. The first-order valence-electron chi connectivity index (χ1n) is 4.40. The zero-order valence-corrected chi connectivity index (χ0v) is 10.3. The van der Waals surface area contributed by atoms with E-state index in [9.17, 15) is 13.2 Å². The van der Waals surface area contributed by atoms with Gasteiger partial charge in [-0.3, -0.25) is 0 Å². The van der Waals surface area contributed by atoms with Gasteiger partial charge in [0.15, 0.2) is 5.75 Å². The van der Waals surface area contributed by atoms with Gasteiger partial charge < -0.3 is 14.6 Å². The zero-order valence-electron chi connectivity index (χ0n) is 8.71. The number of halogens is 4. The van der Waals surface area contributed by atoms with Crippen LogP contribution in [0.15, 0.2) is 6.20 Å².